The molecule has 0 aromatic carbocycles. The molecule has 4 heteroatoms. The number of rotatable bonds is 1. The van der Waals surface area contributed by atoms with E-state index in [9.17, 15) is 0 Å². The van der Waals surface area contributed by atoms with Gasteiger partial charge in [0.2, 0.25) is 0 Å². The quantitative estimate of drug-likeness (QED) is 0.529. The molecule has 0 aliphatic rings. The van der Waals surface area contributed by atoms with Crippen molar-refractivity contribution in [3.8, 4) is 0 Å². The molecule has 1 rings (SSSR count). The summed E-state index contributed by atoms with van der Waals surface area (Å²) in [7, 11) is 1.90. The standard InChI is InChI=1S/C5H10N4/c1-4(2)5-6-7-8-9(5)3/h4H,1-3H3/p+1. The minimum atomic E-state index is 0.439. The SMILES string of the molecule is CC(C)c1nn[nH][n+]1C. The molecule has 1 aromatic rings. The first-order valence-corrected chi connectivity index (χ1v) is 2.99. The molecule has 0 bridgehead atoms. The van der Waals surface area contributed by atoms with Crippen LogP contribution in [0.4, 0.5) is 0 Å². The van der Waals surface area contributed by atoms with Gasteiger partial charge in [0.15, 0.2) is 5.21 Å². The molecule has 0 atom stereocenters. The third-order valence-corrected chi connectivity index (χ3v) is 1.21. The molecule has 1 N–H and O–H groups in total. The Morgan fingerprint density at radius 2 is 2.22 bits per heavy atom. The molecular weight excluding hydrogens is 116 g/mol. The number of nitrogens with zero attached hydrogens (tertiary/aromatic N) is 3. The fourth-order valence-electron chi connectivity index (χ4n) is 0.762. The van der Waals surface area contributed by atoms with E-state index in [-0.39, 0.29) is 0 Å². The van der Waals surface area contributed by atoms with E-state index in [4.69, 9.17) is 0 Å². The first kappa shape index (κ1) is 6.19. The molecule has 50 valence electrons. The molecule has 1 heterocycles. The summed E-state index contributed by atoms with van der Waals surface area (Å²) in [5.41, 5.74) is 0. The Balaban J connectivity index is 2.94. The highest BCUT2D eigenvalue weighted by atomic mass is 15.5. The van der Waals surface area contributed by atoms with Crippen LogP contribution < -0.4 is 4.68 Å². The lowest BCUT2D eigenvalue weighted by atomic mass is 10.2. The van der Waals surface area contributed by atoms with Gasteiger partial charge in [0.05, 0.1) is 7.05 Å². The van der Waals surface area contributed by atoms with Crippen molar-refractivity contribution in [2.75, 3.05) is 0 Å². The highest BCUT2D eigenvalue weighted by molar-refractivity contribution is 4.76. The number of aryl methyl sites for hydroxylation is 1. The van der Waals surface area contributed by atoms with Gasteiger partial charge in [0.1, 0.15) is 5.10 Å². The summed E-state index contributed by atoms with van der Waals surface area (Å²) in [5, 5.41) is 10.2. The molecule has 0 fully saturated rings. The minimum absolute atomic E-state index is 0.439. The van der Waals surface area contributed by atoms with E-state index in [1.807, 2.05) is 11.7 Å². The lowest BCUT2D eigenvalue weighted by Gasteiger charge is -1.91. The second-order valence-electron chi connectivity index (χ2n) is 2.37. The van der Waals surface area contributed by atoms with E-state index < -0.39 is 0 Å². The third kappa shape index (κ3) is 1.06. The molecule has 4 nitrogen and oxygen atoms in total. The van der Waals surface area contributed by atoms with Gasteiger partial charge in [0, 0.05) is 5.92 Å². The van der Waals surface area contributed by atoms with Crippen molar-refractivity contribution in [1.29, 1.82) is 0 Å². The molecule has 0 unspecified atom stereocenters. The maximum Gasteiger partial charge on any atom is 0.302 e. The van der Waals surface area contributed by atoms with E-state index in [2.05, 4.69) is 29.4 Å². The van der Waals surface area contributed by atoms with Gasteiger partial charge in [-0.15, -0.1) is 0 Å². The Hall–Kier alpha value is -0.930. The largest absolute Gasteiger partial charge is 0.302 e. The van der Waals surface area contributed by atoms with E-state index in [1.54, 1.807) is 0 Å². The summed E-state index contributed by atoms with van der Waals surface area (Å²) in [6, 6.07) is 0. The molecule has 0 aliphatic carbocycles. The van der Waals surface area contributed by atoms with Crippen LogP contribution in [0, 0.1) is 0 Å². The van der Waals surface area contributed by atoms with Crippen molar-refractivity contribution in [2.24, 2.45) is 7.05 Å². The summed E-state index contributed by atoms with van der Waals surface area (Å²) in [6.45, 7) is 4.16. The van der Waals surface area contributed by atoms with Crippen LogP contribution in [-0.4, -0.2) is 15.5 Å². The van der Waals surface area contributed by atoms with Gasteiger partial charge >= 0.3 is 5.82 Å². The van der Waals surface area contributed by atoms with Crippen molar-refractivity contribution in [2.45, 2.75) is 19.8 Å². The number of H-pyrrole nitrogens is 1. The fraction of sp³-hybridized carbons (Fsp3) is 0.800. The zero-order valence-corrected chi connectivity index (χ0v) is 5.92. The summed E-state index contributed by atoms with van der Waals surface area (Å²) in [6.07, 6.45) is 0. The van der Waals surface area contributed by atoms with E-state index >= 15 is 0 Å². The van der Waals surface area contributed by atoms with Crippen LogP contribution in [0.25, 0.3) is 0 Å². The van der Waals surface area contributed by atoms with Crippen LogP contribution in [0.2, 0.25) is 0 Å². The smallest absolute Gasteiger partial charge is 0.165 e. The number of hydrogen-bond donors (Lipinski definition) is 1. The Morgan fingerprint density at radius 3 is 2.44 bits per heavy atom. The van der Waals surface area contributed by atoms with E-state index in [1.165, 1.54) is 0 Å². The zero-order valence-electron chi connectivity index (χ0n) is 5.92. The van der Waals surface area contributed by atoms with E-state index in [0.717, 1.165) is 5.82 Å². The monoisotopic (exact) mass is 127 g/mol. The summed E-state index contributed by atoms with van der Waals surface area (Å²) in [5.74, 6) is 1.42. The van der Waals surface area contributed by atoms with Crippen molar-refractivity contribution in [3.05, 3.63) is 5.82 Å². The highest BCUT2D eigenvalue weighted by Crippen LogP contribution is 2.01. The molecular formula is C5H11N4+. The first-order valence-electron chi connectivity index (χ1n) is 2.99. The Kier molecular flexibility index (Phi) is 1.46. The van der Waals surface area contributed by atoms with Gasteiger partial charge in [-0.05, 0) is 0 Å². The molecule has 0 radical (unpaired) electrons. The van der Waals surface area contributed by atoms with Gasteiger partial charge in [-0.1, -0.05) is 19.1 Å². The number of tetrazole rings is 1. The van der Waals surface area contributed by atoms with Crippen LogP contribution in [0.5, 0.6) is 0 Å². The molecule has 0 aliphatic heterocycles. The Bertz CT molecular complexity index is 191. The first-order chi connectivity index (χ1) is 4.22. The zero-order chi connectivity index (χ0) is 6.85. The number of aromatic amines is 1. The van der Waals surface area contributed by atoms with Crippen molar-refractivity contribution in [3.63, 3.8) is 0 Å². The second-order valence-corrected chi connectivity index (χ2v) is 2.37. The van der Waals surface area contributed by atoms with Crippen LogP contribution in [-0.2, 0) is 7.05 Å². The average Bonchev–Trinajstić information content (AvgIpc) is 2.13. The predicted octanol–water partition coefficient (Wildman–Crippen LogP) is -0.247. The molecule has 0 saturated carbocycles. The van der Waals surface area contributed by atoms with Gasteiger partial charge in [0.25, 0.3) is 0 Å². The summed E-state index contributed by atoms with van der Waals surface area (Å²) < 4.78 is 1.81. The van der Waals surface area contributed by atoms with Gasteiger partial charge in [-0.2, -0.15) is 4.68 Å². The minimum Gasteiger partial charge on any atom is -0.165 e. The highest BCUT2D eigenvalue weighted by Gasteiger charge is 2.13. The van der Waals surface area contributed by atoms with Crippen molar-refractivity contribution >= 4 is 0 Å². The number of hydrogen-bond acceptors (Lipinski definition) is 2. The van der Waals surface area contributed by atoms with Gasteiger partial charge < -0.3 is 0 Å². The maximum absolute atomic E-state index is 3.87. The Morgan fingerprint density at radius 1 is 1.56 bits per heavy atom. The molecule has 0 spiro atoms. The van der Waals surface area contributed by atoms with Gasteiger partial charge in [-0.3, -0.25) is 0 Å². The normalized spacial score (nSPS) is 10.7. The maximum atomic E-state index is 3.87. The van der Waals surface area contributed by atoms with Crippen molar-refractivity contribution < 1.29 is 4.68 Å². The average molecular weight is 127 g/mol. The predicted molar refractivity (Wildman–Crippen MR) is 31.6 cm³/mol. The van der Waals surface area contributed by atoms with E-state index in [0.29, 0.717) is 5.92 Å². The lowest BCUT2D eigenvalue weighted by molar-refractivity contribution is -0.739. The summed E-state index contributed by atoms with van der Waals surface area (Å²) >= 11 is 0. The fourth-order valence-corrected chi connectivity index (χ4v) is 0.762. The van der Waals surface area contributed by atoms with Crippen LogP contribution in [0.1, 0.15) is 25.6 Å². The molecule has 9 heavy (non-hydrogen) atoms. The molecule has 0 saturated heterocycles. The second kappa shape index (κ2) is 2.13. The lowest BCUT2D eigenvalue weighted by Crippen LogP contribution is -2.35. The third-order valence-electron chi connectivity index (χ3n) is 1.21. The number of nitrogens with one attached hydrogen (secondary N) is 1. The van der Waals surface area contributed by atoms with Crippen LogP contribution in [0.3, 0.4) is 0 Å². The number of aromatic nitrogens is 4. The van der Waals surface area contributed by atoms with Gasteiger partial charge in [-0.25, -0.2) is 0 Å². The summed E-state index contributed by atoms with van der Waals surface area (Å²) in [4.78, 5) is 0. The topological polar surface area (TPSA) is 45.5 Å². The van der Waals surface area contributed by atoms with Crippen LogP contribution >= 0.6 is 0 Å². The molecule has 1 aromatic heterocycles. The van der Waals surface area contributed by atoms with Crippen molar-refractivity contribution in [1.82, 2.24) is 15.5 Å². The van der Waals surface area contributed by atoms with Crippen LogP contribution in [0.15, 0.2) is 0 Å². The molecule has 0 amide bonds. The Labute approximate surface area is 53.9 Å².